The number of nitrogens with zero attached hydrogens (tertiary/aromatic N) is 4. The van der Waals surface area contributed by atoms with Crippen LogP contribution in [0, 0.1) is 6.92 Å². The third kappa shape index (κ3) is 5.06. The molecule has 4 rings (SSSR count). The van der Waals surface area contributed by atoms with Gasteiger partial charge in [0.1, 0.15) is 0 Å². The van der Waals surface area contributed by atoms with Gasteiger partial charge in [-0.3, -0.25) is 9.69 Å². The van der Waals surface area contributed by atoms with Crippen LogP contribution in [-0.2, 0) is 17.0 Å². The van der Waals surface area contributed by atoms with Crippen molar-refractivity contribution in [1.82, 2.24) is 15.0 Å². The highest BCUT2D eigenvalue weighted by molar-refractivity contribution is 7.98. The molecule has 2 heterocycles. The lowest BCUT2D eigenvalue weighted by molar-refractivity contribution is -0.115. The third-order valence-electron chi connectivity index (χ3n) is 4.91. The van der Waals surface area contributed by atoms with Crippen LogP contribution in [0.5, 0.6) is 0 Å². The van der Waals surface area contributed by atoms with Gasteiger partial charge in [-0.15, -0.1) is 11.3 Å². The van der Waals surface area contributed by atoms with E-state index in [1.807, 2.05) is 66.9 Å². The van der Waals surface area contributed by atoms with Gasteiger partial charge in [0.2, 0.25) is 5.91 Å². The molecule has 2 aromatic carbocycles. The fraction of sp³-hybridized carbons (Fsp3) is 0.200. The van der Waals surface area contributed by atoms with Crippen LogP contribution in [0.4, 0.5) is 10.8 Å². The number of para-hydroxylation sites is 1. The van der Waals surface area contributed by atoms with Crippen LogP contribution in [0.2, 0.25) is 0 Å². The second kappa shape index (κ2) is 10.1. The van der Waals surface area contributed by atoms with E-state index in [9.17, 15) is 4.79 Å². The summed E-state index contributed by atoms with van der Waals surface area (Å²) in [5.41, 5.74) is 5.84. The van der Waals surface area contributed by atoms with Crippen molar-refractivity contribution in [3.63, 3.8) is 0 Å². The van der Waals surface area contributed by atoms with Gasteiger partial charge in [0, 0.05) is 29.3 Å². The average molecular weight is 461 g/mol. The first-order valence-electron chi connectivity index (χ1n) is 10.4. The van der Waals surface area contributed by atoms with E-state index in [2.05, 4.69) is 18.0 Å². The van der Waals surface area contributed by atoms with Crippen molar-refractivity contribution in [2.45, 2.75) is 38.1 Å². The average Bonchev–Trinajstić information content (AvgIpc) is 3.26. The molecule has 0 aliphatic carbocycles. The van der Waals surface area contributed by atoms with E-state index in [-0.39, 0.29) is 5.91 Å². The molecule has 0 saturated carbocycles. The number of carbonyl (C=O) groups is 1. The quantitative estimate of drug-likeness (QED) is 0.234. The summed E-state index contributed by atoms with van der Waals surface area (Å²) in [5.74, 6) is 0.587. The van der Waals surface area contributed by atoms with Gasteiger partial charge >= 0.3 is 0 Å². The molecule has 7 heteroatoms. The Kier molecular flexibility index (Phi) is 6.97. The van der Waals surface area contributed by atoms with Crippen LogP contribution in [-0.4, -0.2) is 20.9 Å². The molecule has 0 aliphatic heterocycles. The van der Waals surface area contributed by atoms with Gasteiger partial charge in [-0.05, 0) is 31.0 Å². The van der Waals surface area contributed by atoms with E-state index < -0.39 is 0 Å². The third-order valence-corrected chi connectivity index (χ3v) is 6.67. The highest BCUT2D eigenvalue weighted by Crippen LogP contribution is 2.33. The molecule has 0 atom stereocenters. The number of thioether (sulfide) groups is 1. The summed E-state index contributed by atoms with van der Waals surface area (Å²) in [6.45, 7) is 5.65. The smallest absolute Gasteiger partial charge is 0.230 e. The van der Waals surface area contributed by atoms with E-state index in [0.717, 1.165) is 45.5 Å². The maximum atomic E-state index is 12.5. The lowest BCUT2D eigenvalue weighted by Crippen LogP contribution is -2.23. The Morgan fingerprint density at radius 1 is 1.03 bits per heavy atom. The van der Waals surface area contributed by atoms with E-state index in [4.69, 9.17) is 9.97 Å². The number of hydrogen-bond acceptors (Lipinski definition) is 6. The summed E-state index contributed by atoms with van der Waals surface area (Å²) in [4.78, 5) is 28.2. The zero-order valence-corrected chi connectivity index (χ0v) is 19.9. The normalized spacial score (nSPS) is 10.8. The molecule has 1 amide bonds. The van der Waals surface area contributed by atoms with Crippen molar-refractivity contribution >= 4 is 39.8 Å². The van der Waals surface area contributed by atoms with Crippen molar-refractivity contribution in [2.75, 3.05) is 4.90 Å². The Bertz CT molecular complexity index is 1220. The molecule has 0 bridgehead atoms. The first-order valence-corrected chi connectivity index (χ1v) is 12.3. The van der Waals surface area contributed by atoms with Crippen LogP contribution in [0.15, 0.2) is 71.2 Å². The SMILES string of the molecule is CCc1ccccc1N(C(C)=O)c1nc(CSc2nc(C)cc(-c3ccccc3)n2)cs1. The molecule has 0 spiro atoms. The van der Waals surface area contributed by atoms with Gasteiger partial charge in [0.25, 0.3) is 0 Å². The van der Waals surface area contributed by atoms with Gasteiger partial charge < -0.3 is 0 Å². The van der Waals surface area contributed by atoms with E-state index in [1.165, 1.54) is 11.3 Å². The Balaban J connectivity index is 1.54. The predicted molar refractivity (Wildman–Crippen MR) is 133 cm³/mol. The zero-order chi connectivity index (χ0) is 22.5. The highest BCUT2D eigenvalue weighted by atomic mass is 32.2. The molecule has 0 N–H and O–H groups in total. The van der Waals surface area contributed by atoms with Gasteiger partial charge in [-0.25, -0.2) is 15.0 Å². The van der Waals surface area contributed by atoms with Crippen LogP contribution < -0.4 is 4.90 Å². The van der Waals surface area contributed by atoms with Crippen LogP contribution in [0.1, 0.15) is 30.8 Å². The summed E-state index contributed by atoms with van der Waals surface area (Å²) < 4.78 is 0. The largest absolute Gasteiger partial charge is 0.274 e. The molecule has 0 unspecified atom stereocenters. The number of aromatic nitrogens is 3. The maximum Gasteiger partial charge on any atom is 0.230 e. The fourth-order valence-electron chi connectivity index (χ4n) is 3.40. The number of anilines is 2. The molecular formula is C25H24N4OS2. The molecule has 4 aromatic rings. The minimum Gasteiger partial charge on any atom is -0.274 e. The zero-order valence-electron chi connectivity index (χ0n) is 18.3. The van der Waals surface area contributed by atoms with Crippen molar-refractivity contribution < 1.29 is 4.79 Å². The van der Waals surface area contributed by atoms with E-state index >= 15 is 0 Å². The van der Waals surface area contributed by atoms with Crippen LogP contribution in [0.25, 0.3) is 11.3 Å². The van der Waals surface area contributed by atoms with E-state index in [1.54, 1.807) is 23.6 Å². The first kappa shape index (κ1) is 22.2. The van der Waals surface area contributed by atoms with E-state index in [0.29, 0.717) is 10.9 Å². The van der Waals surface area contributed by atoms with Gasteiger partial charge in [-0.1, -0.05) is 67.2 Å². The number of benzene rings is 2. The highest BCUT2D eigenvalue weighted by Gasteiger charge is 2.20. The number of rotatable bonds is 7. The predicted octanol–water partition coefficient (Wildman–Crippen LogP) is 6.45. The molecule has 162 valence electrons. The Morgan fingerprint density at radius 2 is 1.78 bits per heavy atom. The molecule has 0 saturated heterocycles. The van der Waals surface area contributed by atoms with Crippen molar-refractivity contribution in [1.29, 1.82) is 0 Å². The Labute approximate surface area is 196 Å². The minimum atomic E-state index is -0.0472. The summed E-state index contributed by atoms with van der Waals surface area (Å²) >= 11 is 3.03. The van der Waals surface area contributed by atoms with Gasteiger partial charge in [-0.2, -0.15) is 0 Å². The topological polar surface area (TPSA) is 59.0 Å². The molecule has 0 radical (unpaired) electrons. The maximum absolute atomic E-state index is 12.5. The second-order valence-corrected chi connectivity index (χ2v) is 9.07. The standard InChI is InChI=1S/C25H24N4OS2/c1-4-19-10-8-9-13-23(19)29(18(3)30)25-27-21(16-32-25)15-31-24-26-17(2)14-22(28-24)20-11-6-5-7-12-20/h5-14,16H,4,15H2,1-3H3. The molecule has 5 nitrogen and oxygen atoms in total. The Hall–Kier alpha value is -3.03. The molecule has 0 fully saturated rings. The summed E-state index contributed by atoms with van der Waals surface area (Å²) in [6, 6.07) is 20.1. The second-order valence-electron chi connectivity index (χ2n) is 7.29. The first-order chi connectivity index (χ1) is 15.5. The van der Waals surface area contributed by atoms with Crippen molar-refractivity contribution in [3.05, 3.63) is 83.0 Å². The molecule has 32 heavy (non-hydrogen) atoms. The molecule has 2 aromatic heterocycles. The van der Waals surface area contributed by atoms with Crippen LogP contribution in [0.3, 0.4) is 0 Å². The summed E-state index contributed by atoms with van der Waals surface area (Å²) in [7, 11) is 0. The Morgan fingerprint density at radius 3 is 2.53 bits per heavy atom. The number of hydrogen-bond donors (Lipinski definition) is 0. The van der Waals surface area contributed by atoms with Crippen molar-refractivity contribution in [3.8, 4) is 11.3 Å². The van der Waals surface area contributed by atoms with Gasteiger partial charge in [0.05, 0.1) is 17.1 Å². The number of thiazole rings is 1. The fourth-order valence-corrected chi connectivity index (χ4v) is 5.18. The number of carbonyl (C=O) groups excluding carboxylic acids is 1. The number of aryl methyl sites for hydroxylation is 2. The summed E-state index contributed by atoms with van der Waals surface area (Å²) in [6.07, 6.45) is 0.850. The monoisotopic (exact) mass is 460 g/mol. The number of amides is 1. The van der Waals surface area contributed by atoms with Gasteiger partial charge in [0.15, 0.2) is 10.3 Å². The molecule has 0 aliphatic rings. The lowest BCUT2D eigenvalue weighted by Gasteiger charge is -2.20. The van der Waals surface area contributed by atoms with Crippen LogP contribution >= 0.6 is 23.1 Å². The lowest BCUT2D eigenvalue weighted by atomic mass is 10.1. The minimum absolute atomic E-state index is 0.0472. The van der Waals surface area contributed by atoms with Crippen molar-refractivity contribution in [2.24, 2.45) is 0 Å². The summed E-state index contributed by atoms with van der Waals surface area (Å²) in [5, 5.41) is 3.41. The molecular weight excluding hydrogens is 436 g/mol.